The minimum absolute atomic E-state index is 0.0218. The number of likely N-dealkylation sites (tertiary alicyclic amines) is 1. The number of hydrogen-bond donors (Lipinski definition) is 4. The van der Waals surface area contributed by atoms with Crippen molar-refractivity contribution in [3.63, 3.8) is 0 Å². The van der Waals surface area contributed by atoms with E-state index in [-0.39, 0.29) is 31.9 Å². The van der Waals surface area contributed by atoms with Crippen molar-refractivity contribution in [2.75, 3.05) is 19.7 Å². The summed E-state index contributed by atoms with van der Waals surface area (Å²) < 4.78 is 4.77. The molecule has 0 spiro atoms. The first kappa shape index (κ1) is 27.6. The number of primary amides is 1. The molecule has 1 fully saturated rings. The summed E-state index contributed by atoms with van der Waals surface area (Å²) in [6, 6.07) is -2.21. The van der Waals surface area contributed by atoms with Crippen LogP contribution in [0.1, 0.15) is 46.5 Å². The first-order valence-corrected chi connectivity index (χ1v) is 10.8. The van der Waals surface area contributed by atoms with Gasteiger partial charge in [-0.1, -0.05) is 6.08 Å². The Balaban J connectivity index is 2.55. The lowest BCUT2D eigenvalue weighted by Gasteiger charge is -2.24. The maximum Gasteiger partial charge on any atom is 0.330 e. The summed E-state index contributed by atoms with van der Waals surface area (Å²) in [5.74, 6) is -2.94. The van der Waals surface area contributed by atoms with Gasteiger partial charge >= 0.3 is 5.97 Å². The van der Waals surface area contributed by atoms with Gasteiger partial charge in [0.15, 0.2) is 0 Å². The van der Waals surface area contributed by atoms with E-state index >= 15 is 0 Å². The largest absolute Gasteiger partial charge is 0.463 e. The lowest BCUT2D eigenvalue weighted by atomic mass is 10.1. The number of nitrogens with zero attached hydrogens (tertiary/aromatic N) is 1. The third-order valence-electron chi connectivity index (χ3n) is 4.93. The van der Waals surface area contributed by atoms with E-state index in [1.54, 1.807) is 6.92 Å². The Morgan fingerprint density at radius 1 is 1.18 bits per heavy atom. The molecule has 1 aliphatic rings. The average Bonchev–Trinajstić information content (AvgIpc) is 3.24. The predicted octanol–water partition coefficient (Wildman–Crippen LogP) is -1.51. The van der Waals surface area contributed by atoms with Crippen LogP contribution < -0.4 is 21.7 Å². The minimum Gasteiger partial charge on any atom is -0.463 e. The molecule has 5 N–H and O–H groups in total. The number of hydrogen-bond acceptors (Lipinski definition) is 7. The molecule has 0 saturated carbocycles. The van der Waals surface area contributed by atoms with E-state index in [0.29, 0.717) is 19.4 Å². The minimum atomic E-state index is -0.922. The zero-order valence-electron chi connectivity index (χ0n) is 19.2. The summed E-state index contributed by atoms with van der Waals surface area (Å²) in [6.07, 6.45) is 3.89. The van der Waals surface area contributed by atoms with Crippen LogP contribution in [0.2, 0.25) is 0 Å². The van der Waals surface area contributed by atoms with Gasteiger partial charge in [-0.05, 0) is 33.1 Å². The Labute approximate surface area is 192 Å². The van der Waals surface area contributed by atoms with E-state index < -0.39 is 47.7 Å². The quantitative estimate of drug-likeness (QED) is 0.199. The summed E-state index contributed by atoms with van der Waals surface area (Å²) in [6.45, 7) is 4.81. The van der Waals surface area contributed by atoms with Crippen molar-refractivity contribution in [1.82, 2.24) is 20.9 Å². The van der Waals surface area contributed by atoms with Crippen molar-refractivity contribution in [3.8, 4) is 0 Å². The van der Waals surface area contributed by atoms with Crippen molar-refractivity contribution < 1.29 is 33.5 Å². The highest BCUT2D eigenvalue weighted by Crippen LogP contribution is 2.17. The fourth-order valence-electron chi connectivity index (χ4n) is 3.27. The number of amides is 5. The SMILES string of the molecule is CCOC(=O)/C=C/[C@H](CCC(N)=O)NC(=O)CNC(=O)[C@H](C)NC(=O)[C@@H]1CCCN1C(C)=O. The van der Waals surface area contributed by atoms with Gasteiger partial charge in [-0.3, -0.25) is 24.0 Å². The number of esters is 1. The zero-order valence-corrected chi connectivity index (χ0v) is 19.2. The summed E-state index contributed by atoms with van der Waals surface area (Å²) >= 11 is 0. The molecule has 0 aromatic rings. The molecule has 12 heteroatoms. The first-order chi connectivity index (χ1) is 15.5. The maximum absolute atomic E-state index is 12.4. The molecule has 0 unspecified atom stereocenters. The lowest BCUT2D eigenvalue weighted by molar-refractivity contribution is -0.138. The van der Waals surface area contributed by atoms with E-state index in [0.717, 1.165) is 6.08 Å². The molecule has 33 heavy (non-hydrogen) atoms. The summed E-state index contributed by atoms with van der Waals surface area (Å²) in [5.41, 5.74) is 5.14. The zero-order chi connectivity index (χ0) is 25.0. The molecule has 12 nitrogen and oxygen atoms in total. The molecule has 5 amide bonds. The average molecular weight is 468 g/mol. The van der Waals surface area contributed by atoms with Gasteiger partial charge in [0.2, 0.25) is 29.5 Å². The summed E-state index contributed by atoms with van der Waals surface area (Å²) in [4.78, 5) is 72.5. The van der Waals surface area contributed by atoms with Gasteiger partial charge in [-0.15, -0.1) is 0 Å². The molecule has 0 bridgehead atoms. The number of nitrogens with two attached hydrogens (primary N) is 1. The molecule has 0 aromatic heterocycles. The monoisotopic (exact) mass is 467 g/mol. The first-order valence-electron chi connectivity index (χ1n) is 10.8. The van der Waals surface area contributed by atoms with E-state index in [4.69, 9.17) is 10.5 Å². The standard InChI is InChI=1S/C21H33N5O7/c1-4-33-19(30)10-8-15(7-9-17(22)28)25-18(29)12-23-20(31)13(2)24-21(32)16-6-5-11-26(16)14(3)27/h8,10,13,15-16H,4-7,9,11-12H2,1-3H3,(H2,22,28)(H,23,31)(H,24,32)(H,25,29)/b10-8+/t13-,15-,16-/m0/s1. The Morgan fingerprint density at radius 3 is 2.48 bits per heavy atom. The molecule has 1 saturated heterocycles. The van der Waals surface area contributed by atoms with Crippen molar-refractivity contribution in [2.45, 2.75) is 64.6 Å². The van der Waals surface area contributed by atoms with Crippen LogP contribution in [0.25, 0.3) is 0 Å². The van der Waals surface area contributed by atoms with E-state index in [1.807, 2.05) is 0 Å². The van der Waals surface area contributed by atoms with Crippen LogP contribution in [-0.4, -0.2) is 78.2 Å². The van der Waals surface area contributed by atoms with Gasteiger partial charge in [-0.25, -0.2) is 4.79 Å². The smallest absolute Gasteiger partial charge is 0.330 e. The number of nitrogens with one attached hydrogen (secondary N) is 3. The Hall–Kier alpha value is -3.44. The molecular weight excluding hydrogens is 434 g/mol. The van der Waals surface area contributed by atoms with Crippen LogP contribution in [0.3, 0.4) is 0 Å². The molecule has 1 heterocycles. The van der Waals surface area contributed by atoms with Crippen LogP contribution in [-0.2, 0) is 33.5 Å². The fourth-order valence-corrected chi connectivity index (χ4v) is 3.27. The predicted molar refractivity (Wildman–Crippen MR) is 117 cm³/mol. The van der Waals surface area contributed by atoms with Crippen LogP contribution in [0, 0.1) is 0 Å². The van der Waals surface area contributed by atoms with Crippen molar-refractivity contribution >= 4 is 35.5 Å². The highest BCUT2D eigenvalue weighted by Gasteiger charge is 2.33. The molecule has 3 atom stereocenters. The van der Waals surface area contributed by atoms with Crippen molar-refractivity contribution in [1.29, 1.82) is 0 Å². The van der Waals surface area contributed by atoms with Gasteiger partial charge in [0.05, 0.1) is 13.2 Å². The van der Waals surface area contributed by atoms with Gasteiger partial charge in [0.1, 0.15) is 12.1 Å². The van der Waals surface area contributed by atoms with E-state index in [1.165, 1.54) is 24.8 Å². The molecular formula is C21H33N5O7. The van der Waals surface area contributed by atoms with Crippen molar-refractivity contribution in [2.24, 2.45) is 5.73 Å². The number of ether oxygens (including phenoxy) is 1. The van der Waals surface area contributed by atoms with Crippen LogP contribution in [0.4, 0.5) is 0 Å². The Morgan fingerprint density at radius 2 is 1.88 bits per heavy atom. The molecule has 0 aliphatic carbocycles. The molecule has 0 aromatic carbocycles. The van der Waals surface area contributed by atoms with Gasteiger partial charge in [0.25, 0.3) is 0 Å². The van der Waals surface area contributed by atoms with Gasteiger partial charge in [0, 0.05) is 32.0 Å². The fraction of sp³-hybridized carbons (Fsp3) is 0.619. The molecule has 0 radical (unpaired) electrons. The topological polar surface area (TPSA) is 177 Å². The second kappa shape index (κ2) is 13.9. The number of rotatable bonds is 12. The van der Waals surface area contributed by atoms with Crippen LogP contribution in [0.15, 0.2) is 12.2 Å². The molecule has 184 valence electrons. The van der Waals surface area contributed by atoms with Crippen LogP contribution in [0.5, 0.6) is 0 Å². The lowest BCUT2D eigenvalue weighted by Crippen LogP contribution is -2.53. The van der Waals surface area contributed by atoms with E-state index in [2.05, 4.69) is 16.0 Å². The molecule has 1 rings (SSSR count). The van der Waals surface area contributed by atoms with Gasteiger partial charge in [-0.2, -0.15) is 0 Å². The van der Waals surface area contributed by atoms with Crippen LogP contribution >= 0.6 is 0 Å². The Bertz CT molecular complexity index is 783. The number of carbonyl (C=O) groups excluding carboxylic acids is 6. The highest BCUT2D eigenvalue weighted by molar-refractivity contribution is 5.93. The van der Waals surface area contributed by atoms with Gasteiger partial charge < -0.3 is 31.3 Å². The second-order valence-electron chi connectivity index (χ2n) is 7.61. The summed E-state index contributed by atoms with van der Waals surface area (Å²) in [7, 11) is 0. The second-order valence-corrected chi connectivity index (χ2v) is 7.61. The van der Waals surface area contributed by atoms with E-state index in [9.17, 15) is 28.8 Å². The maximum atomic E-state index is 12.4. The molecule has 1 aliphatic heterocycles. The highest BCUT2D eigenvalue weighted by atomic mass is 16.5. The van der Waals surface area contributed by atoms with Crippen molar-refractivity contribution in [3.05, 3.63) is 12.2 Å². The summed E-state index contributed by atoms with van der Waals surface area (Å²) in [5, 5.41) is 7.55. The normalized spacial score (nSPS) is 17.2. The third kappa shape index (κ3) is 10.1. The third-order valence-corrected chi connectivity index (χ3v) is 4.93. The number of carbonyl (C=O) groups is 6. The Kier molecular flexibility index (Phi) is 11.6.